The molecular formula is C10H23NO3S. The molecule has 5 heteroatoms. The largest absolute Gasteiger partial charge is 0.396 e. The lowest BCUT2D eigenvalue weighted by molar-refractivity contribution is 0.287. The first kappa shape index (κ1) is 14.9. The second kappa shape index (κ2) is 6.45. The minimum absolute atomic E-state index is 0.00402. The molecule has 0 bridgehead atoms. The van der Waals surface area contributed by atoms with Gasteiger partial charge in [0.2, 0.25) is 10.0 Å². The van der Waals surface area contributed by atoms with Gasteiger partial charge in [-0.05, 0) is 24.7 Å². The van der Waals surface area contributed by atoms with Gasteiger partial charge in [-0.1, -0.05) is 20.8 Å². The molecule has 0 aromatic rings. The number of nitrogens with one attached hydrogen (secondary N) is 1. The Hall–Kier alpha value is -0.130. The minimum atomic E-state index is -3.16. The summed E-state index contributed by atoms with van der Waals surface area (Å²) < 4.78 is 25.6. The van der Waals surface area contributed by atoms with Crippen molar-refractivity contribution in [2.75, 3.05) is 18.9 Å². The molecule has 15 heavy (non-hydrogen) atoms. The molecule has 0 fully saturated rings. The average Bonchev–Trinajstić information content (AvgIpc) is 2.16. The second-order valence-corrected chi connectivity index (χ2v) is 6.51. The Morgan fingerprint density at radius 3 is 2.33 bits per heavy atom. The first-order valence-corrected chi connectivity index (χ1v) is 7.06. The van der Waals surface area contributed by atoms with Crippen LogP contribution < -0.4 is 4.72 Å². The van der Waals surface area contributed by atoms with Crippen molar-refractivity contribution < 1.29 is 13.5 Å². The van der Waals surface area contributed by atoms with E-state index >= 15 is 0 Å². The van der Waals surface area contributed by atoms with Crippen LogP contribution in [0.3, 0.4) is 0 Å². The van der Waals surface area contributed by atoms with Gasteiger partial charge < -0.3 is 5.11 Å². The zero-order valence-electron chi connectivity index (χ0n) is 9.91. The van der Waals surface area contributed by atoms with Crippen molar-refractivity contribution in [3.63, 3.8) is 0 Å². The van der Waals surface area contributed by atoms with Crippen LogP contribution in [0, 0.1) is 5.41 Å². The molecular weight excluding hydrogens is 214 g/mol. The van der Waals surface area contributed by atoms with Crippen LogP contribution in [0.15, 0.2) is 0 Å². The van der Waals surface area contributed by atoms with Gasteiger partial charge >= 0.3 is 0 Å². The van der Waals surface area contributed by atoms with E-state index in [-0.39, 0.29) is 17.8 Å². The smallest absolute Gasteiger partial charge is 0.211 e. The molecule has 0 saturated heterocycles. The monoisotopic (exact) mass is 237 g/mol. The lowest BCUT2D eigenvalue weighted by atomic mass is 9.91. The fraction of sp³-hybridized carbons (Fsp3) is 1.00. The maximum absolute atomic E-state index is 11.5. The molecule has 0 aliphatic carbocycles. The molecule has 0 rings (SSSR count). The highest BCUT2D eigenvalue weighted by Gasteiger charge is 2.18. The summed E-state index contributed by atoms with van der Waals surface area (Å²) in [6.45, 7) is 6.63. The summed E-state index contributed by atoms with van der Waals surface area (Å²) in [6, 6.07) is 0. The number of hydrogen-bond donors (Lipinski definition) is 2. The summed E-state index contributed by atoms with van der Waals surface area (Å²) in [6.07, 6.45) is 1.99. The third-order valence-electron chi connectivity index (χ3n) is 2.55. The average molecular weight is 237 g/mol. The van der Waals surface area contributed by atoms with Crippen LogP contribution in [0.4, 0.5) is 0 Å². The molecule has 0 heterocycles. The predicted octanol–water partition coefficient (Wildman–Crippen LogP) is 1.11. The van der Waals surface area contributed by atoms with Crippen LogP contribution in [0.2, 0.25) is 0 Å². The number of unbranched alkanes of at least 4 members (excludes halogenated alkanes) is 1. The summed E-state index contributed by atoms with van der Waals surface area (Å²) in [5.41, 5.74) is 0.00402. The summed E-state index contributed by atoms with van der Waals surface area (Å²) in [5.74, 6) is 0.105. The van der Waals surface area contributed by atoms with Gasteiger partial charge in [0, 0.05) is 13.2 Å². The molecule has 0 amide bonds. The highest BCUT2D eigenvalue weighted by Crippen LogP contribution is 2.18. The third kappa shape index (κ3) is 7.76. The Bertz CT molecular complexity index is 260. The van der Waals surface area contributed by atoms with E-state index in [9.17, 15) is 8.42 Å². The van der Waals surface area contributed by atoms with Crippen molar-refractivity contribution in [1.29, 1.82) is 0 Å². The molecule has 0 aliphatic rings. The van der Waals surface area contributed by atoms with Gasteiger partial charge in [0.05, 0.1) is 5.75 Å². The topological polar surface area (TPSA) is 66.4 Å². The predicted molar refractivity (Wildman–Crippen MR) is 62.2 cm³/mol. The van der Waals surface area contributed by atoms with Crippen LogP contribution in [0.1, 0.15) is 40.0 Å². The zero-order valence-corrected chi connectivity index (χ0v) is 10.7. The van der Waals surface area contributed by atoms with E-state index in [1.54, 1.807) is 0 Å². The molecule has 0 aromatic heterocycles. The summed E-state index contributed by atoms with van der Waals surface area (Å²) in [7, 11) is -3.16. The van der Waals surface area contributed by atoms with Gasteiger partial charge in [-0.15, -0.1) is 0 Å². The van der Waals surface area contributed by atoms with Gasteiger partial charge in [0.1, 0.15) is 0 Å². The Morgan fingerprint density at radius 2 is 1.87 bits per heavy atom. The zero-order chi connectivity index (χ0) is 11.9. The van der Waals surface area contributed by atoms with Gasteiger partial charge in [0.15, 0.2) is 0 Å². The molecule has 0 unspecified atom stereocenters. The van der Waals surface area contributed by atoms with E-state index in [0.29, 0.717) is 19.4 Å². The Balaban J connectivity index is 3.94. The van der Waals surface area contributed by atoms with Crippen molar-refractivity contribution in [3.8, 4) is 0 Å². The fourth-order valence-electron chi connectivity index (χ4n) is 0.906. The molecule has 0 atom stereocenters. The van der Waals surface area contributed by atoms with Crippen LogP contribution in [0.25, 0.3) is 0 Å². The molecule has 4 nitrogen and oxygen atoms in total. The Morgan fingerprint density at radius 1 is 1.27 bits per heavy atom. The maximum atomic E-state index is 11.5. The Labute approximate surface area is 93.1 Å². The van der Waals surface area contributed by atoms with E-state index in [4.69, 9.17) is 5.11 Å². The molecule has 0 aromatic carbocycles. The number of aliphatic hydroxyl groups is 1. The van der Waals surface area contributed by atoms with Crippen LogP contribution in [-0.4, -0.2) is 32.4 Å². The number of rotatable bonds is 8. The van der Waals surface area contributed by atoms with Gasteiger partial charge in [-0.2, -0.15) is 0 Å². The molecule has 0 spiro atoms. The molecule has 0 aliphatic heterocycles. The van der Waals surface area contributed by atoms with Crippen LogP contribution in [-0.2, 0) is 10.0 Å². The normalized spacial score (nSPS) is 13.1. The number of hydrogen-bond acceptors (Lipinski definition) is 3. The summed E-state index contributed by atoms with van der Waals surface area (Å²) in [5, 5.41) is 8.55. The molecule has 0 saturated carbocycles. The quantitative estimate of drug-likeness (QED) is 0.622. The third-order valence-corrected chi connectivity index (χ3v) is 3.96. The van der Waals surface area contributed by atoms with Crippen LogP contribution in [0.5, 0.6) is 0 Å². The SMILES string of the molecule is CCC(C)(C)CNS(=O)(=O)CCCCO. The number of sulfonamides is 1. The first-order valence-electron chi connectivity index (χ1n) is 5.41. The summed E-state index contributed by atoms with van der Waals surface area (Å²) in [4.78, 5) is 0. The van der Waals surface area contributed by atoms with Crippen molar-refractivity contribution in [2.45, 2.75) is 40.0 Å². The Kier molecular flexibility index (Phi) is 6.40. The van der Waals surface area contributed by atoms with Crippen molar-refractivity contribution >= 4 is 10.0 Å². The second-order valence-electron chi connectivity index (χ2n) is 4.59. The lowest BCUT2D eigenvalue weighted by Crippen LogP contribution is -2.35. The molecule has 92 valence electrons. The number of aliphatic hydroxyl groups excluding tert-OH is 1. The van der Waals surface area contributed by atoms with E-state index in [1.807, 2.05) is 20.8 Å². The molecule has 0 radical (unpaired) electrons. The van der Waals surface area contributed by atoms with E-state index in [2.05, 4.69) is 4.72 Å². The van der Waals surface area contributed by atoms with E-state index < -0.39 is 10.0 Å². The van der Waals surface area contributed by atoms with Crippen molar-refractivity contribution in [3.05, 3.63) is 0 Å². The molecule has 2 N–H and O–H groups in total. The summed E-state index contributed by atoms with van der Waals surface area (Å²) >= 11 is 0. The van der Waals surface area contributed by atoms with Gasteiger partial charge in [-0.25, -0.2) is 13.1 Å². The standard InChI is InChI=1S/C10H23NO3S/c1-4-10(2,3)9-11-15(13,14)8-6-5-7-12/h11-12H,4-9H2,1-3H3. The highest BCUT2D eigenvalue weighted by atomic mass is 32.2. The van der Waals surface area contributed by atoms with Gasteiger partial charge in [-0.3, -0.25) is 0 Å². The first-order chi connectivity index (χ1) is 6.83. The van der Waals surface area contributed by atoms with E-state index in [1.165, 1.54) is 0 Å². The van der Waals surface area contributed by atoms with E-state index in [0.717, 1.165) is 6.42 Å². The van der Waals surface area contributed by atoms with Gasteiger partial charge in [0.25, 0.3) is 0 Å². The van der Waals surface area contributed by atoms with Crippen molar-refractivity contribution in [1.82, 2.24) is 4.72 Å². The van der Waals surface area contributed by atoms with Crippen molar-refractivity contribution in [2.24, 2.45) is 5.41 Å². The van der Waals surface area contributed by atoms with Crippen LogP contribution >= 0.6 is 0 Å². The highest BCUT2D eigenvalue weighted by molar-refractivity contribution is 7.89. The maximum Gasteiger partial charge on any atom is 0.211 e. The lowest BCUT2D eigenvalue weighted by Gasteiger charge is -2.22. The fourth-order valence-corrected chi connectivity index (χ4v) is 2.25. The minimum Gasteiger partial charge on any atom is -0.396 e.